The minimum atomic E-state index is -0.326. The molecule has 1 aliphatic rings. The SMILES string of the molecule is Cc1ccc(C(=O)C(C)N2CCCCC2C(N)=O)cc1. The molecule has 2 rings (SSSR count). The molecule has 1 fully saturated rings. The molecule has 2 atom stereocenters. The highest BCUT2D eigenvalue weighted by molar-refractivity contribution is 6.00. The molecule has 108 valence electrons. The second-order valence-corrected chi connectivity index (χ2v) is 5.56. The normalized spacial score (nSPS) is 21.4. The number of piperidine rings is 1. The highest BCUT2D eigenvalue weighted by Crippen LogP contribution is 2.21. The lowest BCUT2D eigenvalue weighted by Gasteiger charge is -2.37. The molecule has 4 heteroatoms. The number of carbonyl (C=O) groups excluding carboxylic acids is 2. The van der Waals surface area contributed by atoms with Gasteiger partial charge in [0.15, 0.2) is 5.78 Å². The van der Waals surface area contributed by atoms with Crippen molar-refractivity contribution >= 4 is 11.7 Å². The van der Waals surface area contributed by atoms with Gasteiger partial charge in [-0.1, -0.05) is 36.2 Å². The van der Waals surface area contributed by atoms with Gasteiger partial charge in [-0.2, -0.15) is 0 Å². The van der Waals surface area contributed by atoms with Crippen molar-refractivity contribution in [3.8, 4) is 0 Å². The van der Waals surface area contributed by atoms with E-state index in [9.17, 15) is 9.59 Å². The molecule has 1 aromatic carbocycles. The molecule has 0 aromatic heterocycles. The lowest BCUT2D eigenvalue weighted by atomic mass is 9.96. The van der Waals surface area contributed by atoms with E-state index < -0.39 is 0 Å². The Morgan fingerprint density at radius 2 is 1.90 bits per heavy atom. The van der Waals surface area contributed by atoms with Crippen LogP contribution in [0.4, 0.5) is 0 Å². The summed E-state index contributed by atoms with van der Waals surface area (Å²) >= 11 is 0. The average molecular weight is 274 g/mol. The molecule has 1 aliphatic heterocycles. The first-order valence-electron chi connectivity index (χ1n) is 7.16. The smallest absolute Gasteiger partial charge is 0.234 e. The first-order chi connectivity index (χ1) is 9.50. The fraction of sp³-hybridized carbons (Fsp3) is 0.500. The number of amides is 1. The van der Waals surface area contributed by atoms with Crippen molar-refractivity contribution in [2.45, 2.75) is 45.2 Å². The van der Waals surface area contributed by atoms with Crippen LogP contribution in [0, 0.1) is 6.92 Å². The van der Waals surface area contributed by atoms with E-state index in [2.05, 4.69) is 0 Å². The van der Waals surface area contributed by atoms with Crippen LogP contribution < -0.4 is 5.73 Å². The Kier molecular flexibility index (Phi) is 4.55. The molecular weight excluding hydrogens is 252 g/mol. The third-order valence-corrected chi connectivity index (χ3v) is 4.09. The summed E-state index contributed by atoms with van der Waals surface area (Å²) in [5.41, 5.74) is 7.28. The molecule has 4 nitrogen and oxygen atoms in total. The topological polar surface area (TPSA) is 63.4 Å². The number of carbonyl (C=O) groups is 2. The number of primary amides is 1. The molecule has 0 saturated carbocycles. The van der Waals surface area contributed by atoms with E-state index in [1.807, 2.05) is 43.0 Å². The summed E-state index contributed by atoms with van der Waals surface area (Å²) in [5.74, 6) is -0.272. The Morgan fingerprint density at radius 3 is 2.50 bits per heavy atom. The van der Waals surface area contributed by atoms with E-state index in [0.29, 0.717) is 5.56 Å². The summed E-state index contributed by atoms with van der Waals surface area (Å²) in [6.07, 6.45) is 2.76. The highest BCUT2D eigenvalue weighted by Gasteiger charge is 2.33. The van der Waals surface area contributed by atoms with E-state index in [0.717, 1.165) is 31.4 Å². The molecule has 1 heterocycles. The largest absolute Gasteiger partial charge is 0.368 e. The third kappa shape index (κ3) is 3.07. The second kappa shape index (κ2) is 6.18. The zero-order valence-corrected chi connectivity index (χ0v) is 12.1. The number of Topliss-reactive ketones (excluding diaryl/α,β-unsaturated/α-hetero) is 1. The van der Waals surface area contributed by atoms with Gasteiger partial charge in [0.1, 0.15) is 0 Å². The van der Waals surface area contributed by atoms with Crippen molar-refractivity contribution in [2.75, 3.05) is 6.54 Å². The van der Waals surface area contributed by atoms with Crippen molar-refractivity contribution in [1.82, 2.24) is 4.90 Å². The molecule has 0 spiro atoms. The number of aryl methyl sites for hydroxylation is 1. The van der Waals surface area contributed by atoms with Crippen molar-refractivity contribution < 1.29 is 9.59 Å². The summed E-state index contributed by atoms with van der Waals surface area (Å²) in [6, 6.07) is 6.93. The number of nitrogens with zero attached hydrogens (tertiary/aromatic N) is 1. The molecular formula is C16H22N2O2. The third-order valence-electron chi connectivity index (χ3n) is 4.09. The Labute approximate surface area is 119 Å². The van der Waals surface area contributed by atoms with Crippen LogP contribution >= 0.6 is 0 Å². The summed E-state index contributed by atoms with van der Waals surface area (Å²) in [5, 5.41) is 0. The van der Waals surface area contributed by atoms with E-state index in [-0.39, 0.29) is 23.8 Å². The van der Waals surface area contributed by atoms with Gasteiger partial charge in [-0.25, -0.2) is 0 Å². The zero-order chi connectivity index (χ0) is 14.7. The van der Waals surface area contributed by atoms with Gasteiger partial charge >= 0.3 is 0 Å². The van der Waals surface area contributed by atoms with Gasteiger partial charge in [0, 0.05) is 5.56 Å². The number of hydrogen-bond donors (Lipinski definition) is 1. The van der Waals surface area contributed by atoms with Crippen molar-refractivity contribution in [3.63, 3.8) is 0 Å². The molecule has 0 bridgehead atoms. The van der Waals surface area contributed by atoms with Crippen LogP contribution in [0.5, 0.6) is 0 Å². The summed E-state index contributed by atoms with van der Waals surface area (Å²) in [7, 11) is 0. The first-order valence-corrected chi connectivity index (χ1v) is 7.16. The van der Waals surface area contributed by atoms with Crippen LogP contribution in [-0.4, -0.2) is 35.2 Å². The predicted molar refractivity (Wildman–Crippen MR) is 78.5 cm³/mol. The number of hydrogen-bond acceptors (Lipinski definition) is 3. The molecule has 2 N–H and O–H groups in total. The number of nitrogens with two attached hydrogens (primary N) is 1. The Hall–Kier alpha value is -1.68. The standard InChI is InChI=1S/C16H22N2O2/c1-11-6-8-13(9-7-11)15(19)12(2)18-10-4-3-5-14(18)16(17)20/h6-9,12,14H,3-5,10H2,1-2H3,(H2,17,20). The molecule has 20 heavy (non-hydrogen) atoms. The van der Waals surface area contributed by atoms with Crippen LogP contribution in [0.3, 0.4) is 0 Å². The number of rotatable bonds is 4. The Balaban J connectivity index is 2.16. The predicted octanol–water partition coefficient (Wildman–Crippen LogP) is 1.91. The molecule has 1 aromatic rings. The maximum absolute atomic E-state index is 12.5. The molecule has 0 radical (unpaired) electrons. The van der Waals surface area contributed by atoms with Crippen LogP contribution in [0.25, 0.3) is 0 Å². The van der Waals surface area contributed by atoms with Gasteiger partial charge < -0.3 is 5.73 Å². The zero-order valence-electron chi connectivity index (χ0n) is 12.1. The Bertz CT molecular complexity index is 496. The maximum atomic E-state index is 12.5. The number of ketones is 1. The summed E-state index contributed by atoms with van der Waals surface area (Å²) < 4.78 is 0. The molecule has 1 amide bonds. The lowest BCUT2D eigenvalue weighted by molar-refractivity contribution is -0.124. The summed E-state index contributed by atoms with van der Waals surface area (Å²) in [6.45, 7) is 4.61. The minimum Gasteiger partial charge on any atom is -0.368 e. The monoisotopic (exact) mass is 274 g/mol. The van der Waals surface area contributed by atoms with Crippen LogP contribution in [0.15, 0.2) is 24.3 Å². The van der Waals surface area contributed by atoms with Crippen LogP contribution in [0.1, 0.15) is 42.1 Å². The Morgan fingerprint density at radius 1 is 1.25 bits per heavy atom. The first kappa shape index (κ1) is 14.7. The average Bonchev–Trinajstić information content (AvgIpc) is 2.46. The number of likely N-dealkylation sites (tertiary alicyclic amines) is 1. The van der Waals surface area contributed by atoms with Crippen LogP contribution in [0.2, 0.25) is 0 Å². The maximum Gasteiger partial charge on any atom is 0.234 e. The van der Waals surface area contributed by atoms with E-state index >= 15 is 0 Å². The van der Waals surface area contributed by atoms with Gasteiger partial charge in [0.05, 0.1) is 12.1 Å². The lowest BCUT2D eigenvalue weighted by Crippen LogP contribution is -2.53. The van der Waals surface area contributed by atoms with Gasteiger partial charge in [-0.3, -0.25) is 14.5 Å². The molecule has 0 aliphatic carbocycles. The van der Waals surface area contributed by atoms with Gasteiger partial charge in [-0.05, 0) is 33.2 Å². The van der Waals surface area contributed by atoms with Gasteiger partial charge in [0.25, 0.3) is 0 Å². The minimum absolute atomic E-state index is 0.0538. The van der Waals surface area contributed by atoms with Gasteiger partial charge in [0.2, 0.25) is 5.91 Å². The molecule has 2 unspecified atom stereocenters. The molecule has 1 saturated heterocycles. The summed E-state index contributed by atoms with van der Waals surface area (Å²) in [4.78, 5) is 26.0. The fourth-order valence-electron chi connectivity index (χ4n) is 2.83. The van der Waals surface area contributed by atoms with Crippen molar-refractivity contribution in [3.05, 3.63) is 35.4 Å². The van der Waals surface area contributed by atoms with E-state index in [1.165, 1.54) is 0 Å². The number of benzene rings is 1. The quantitative estimate of drug-likeness (QED) is 0.853. The van der Waals surface area contributed by atoms with Crippen LogP contribution in [-0.2, 0) is 4.79 Å². The fourth-order valence-corrected chi connectivity index (χ4v) is 2.83. The van der Waals surface area contributed by atoms with Crippen molar-refractivity contribution in [2.24, 2.45) is 5.73 Å². The second-order valence-electron chi connectivity index (χ2n) is 5.56. The van der Waals surface area contributed by atoms with Gasteiger partial charge in [-0.15, -0.1) is 0 Å². The van der Waals surface area contributed by atoms with E-state index in [4.69, 9.17) is 5.73 Å². The van der Waals surface area contributed by atoms with E-state index in [1.54, 1.807) is 0 Å². The van der Waals surface area contributed by atoms with Crippen molar-refractivity contribution in [1.29, 1.82) is 0 Å². The highest BCUT2D eigenvalue weighted by atomic mass is 16.1.